The van der Waals surface area contributed by atoms with E-state index in [0.29, 0.717) is 6.61 Å². The van der Waals surface area contributed by atoms with Gasteiger partial charge in [-0.25, -0.2) is 0 Å². The lowest BCUT2D eigenvalue weighted by molar-refractivity contribution is 0.0764. The van der Waals surface area contributed by atoms with Crippen LogP contribution >= 0.6 is 0 Å². The minimum Gasteiger partial charge on any atom is -0.378 e. The molecule has 2 nitrogen and oxygen atoms in total. The Bertz CT molecular complexity index is 367. The summed E-state index contributed by atoms with van der Waals surface area (Å²) in [5.41, 5.74) is 2.09. The highest BCUT2D eigenvalue weighted by Crippen LogP contribution is 2.24. The maximum atomic E-state index is 12.2. The van der Waals surface area contributed by atoms with Crippen molar-refractivity contribution in [3.8, 4) is 0 Å². The van der Waals surface area contributed by atoms with Gasteiger partial charge in [-0.15, -0.1) is 0 Å². The standard InChI is InChI=1S/C14H18O2/c1-3-11-4-6-12(7-5-11)14(15)13-8-9-16-10(13)2/h4-7,10,13H,3,8-9H2,1-2H3. The molecule has 0 saturated carbocycles. The Labute approximate surface area is 96.6 Å². The maximum Gasteiger partial charge on any atom is 0.168 e. The van der Waals surface area contributed by atoms with Gasteiger partial charge < -0.3 is 4.74 Å². The van der Waals surface area contributed by atoms with Gasteiger partial charge in [-0.1, -0.05) is 31.2 Å². The maximum absolute atomic E-state index is 12.2. The van der Waals surface area contributed by atoms with E-state index in [2.05, 4.69) is 6.92 Å². The molecule has 2 heteroatoms. The largest absolute Gasteiger partial charge is 0.378 e. The van der Waals surface area contributed by atoms with E-state index in [1.54, 1.807) is 0 Å². The van der Waals surface area contributed by atoms with Crippen LogP contribution < -0.4 is 0 Å². The second-order valence-corrected chi connectivity index (χ2v) is 4.39. The number of Topliss-reactive ketones (excluding diaryl/α,β-unsaturated/α-hetero) is 1. The Morgan fingerprint density at radius 2 is 2.06 bits per heavy atom. The first-order valence-electron chi connectivity index (χ1n) is 5.97. The van der Waals surface area contributed by atoms with Crippen molar-refractivity contribution < 1.29 is 9.53 Å². The summed E-state index contributed by atoms with van der Waals surface area (Å²) in [5, 5.41) is 0. The molecule has 1 saturated heterocycles. The van der Waals surface area contributed by atoms with Gasteiger partial charge in [-0.05, 0) is 25.3 Å². The van der Waals surface area contributed by atoms with Crippen molar-refractivity contribution in [2.75, 3.05) is 6.61 Å². The molecule has 0 bridgehead atoms. The van der Waals surface area contributed by atoms with Gasteiger partial charge in [0.2, 0.25) is 0 Å². The minimum absolute atomic E-state index is 0.0486. The molecule has 1 aliphatic rings. The Morgan fingerprint density at radius 1 is 1.38 bits per heavy atom. The third-order valence-electron chi connectivity index (χ3n) is 3.36. The number of rotatable bonds is 3. The zero-order valence-electron chi connectivity index (χ0n) is 9.90. The summed E-state index contributed by atoms with van der Waals surface area (Å²) in [5.74, 6) is 0.278. The fraction of sp³-hybridized carbons (Fsp3) is 0.500. The molecule has 1 aliphatic heterocycles. The molecule has 2 rings (SSSR count). The van der Waals surface area contributed by atoms with Crippen LogP contribution in [0.15, 0.2) is 24.3 Å². The van der Waals surface area contributed by atoms with Crippen LogP contribution in [-0.2, 0) is 11.2 Å². The van der Waals surface area contributed by atoms with Crippen LogP contribution in [0, 0.1) is 5.92 Å². The molecule has 2 unspecified atom stereocenters. The molecule has 0 spiro atoms. The van der Waals surface area contributed by atoms with E-state index >= 15 is 0 Å². The summed E-state index contributed by atoms with van der Waals surface area (Å²) in [6.45, 7) is 4.81. The van der Waals surface area contributed by atoms with E-state index in [0.717, 1.165) is 18.4 Å². The first-order chi connectivity index (χ1) is 7.72. The lowest BCUT2D eigenvalue weighted by atomic mass is 9.92. The van der Waals surface area contributed by atoms with Gasteiger partial charge in [0.05, 0.1) is 12.0 Å². The number of hydrogen-bond donors (Lipinski definition) is 0. The average molecular weight is 218 g/mol. The summed E-state index contributed by atoms with van der Waals surface area (Å²) < 4.78 is 5.43. The number of carbonyl (C=O) groups excluding carboxylic acids is 1. The molecular weight excluding hydrogens is 200 g/mol. The Hall–Kier alpha value is -1.15. The van der Waals surface area contributed by atoms with Crippen LogP contribution in [0.1, 0.15) is 36.2 Å². The summed E-state index contributed by atoms with van der Waals surface area (Å²) >= 11 is 0. The molecule has 1 heterocycles. The molecule has 0 aliphatic carbocycles. The third-order valence-corrected chi connectivity index (χ3v) is 3.36. The number of carbonyl (C=O) groups is 1. The van der Waals surface area contributed by atoms with Crippen molar-refractivity contribution in [3.05, 3.63) is 35.4 Å². The highest BCUT2D eigenvalue weighted by molar-refractivity contribution is 5.98. The van der Waals surface area contributed by atoms with Crippen LogP contribution in [0.4, 0.5) is 0 Å². The molecule has 86 valence electrons. The molecule has 0 N–H and O–H groups in total. The number of benzene rings is 1. The van der Waals surface area contributed by atoms with Crippen molar-refractivity contribution in [2.45, 2.75) is 32.8 Å². The highest BCUT2D eigenvalue weighted by atomic mass is 16.5. The molecule has 0 radical (unpaired) electrons. The van der Waals surface area contributed by atoms with Gasteiger partial charge in [0, 0.05) is 12.2 Å². The number of ketones is 1. The van der Waals surface area contributed by atoms with Crippen LogP contribution in [0.2, 0.25) is 0 Å². The van der Waals surface area contributed by atoms with Gasteiger partial charge in [0.15, 0.2) is 5.78 Å². The average Bonchev–Trinajstić information content (AvgIpc) is 2.75. The minimum atomic E-state index is 0.0486. The van der Waals surface area contributed by atoms with E-state index in [9.17, 15) is 4.79 Å². The van der Waals surface area contributed by atoms with Gasteiger partial charge >= 0.3 is 0 Å². The highest BCUT2D eigenvalue weighted by Gasteiger charge is 2.31. The molecule has 1 aromatic rings. The molecule has 0 aromatic heterocycles. The summed E-state index contributed by atoms with van der Waals surface area (Å²) in [7, 11) is 0. The second-order valence-electron chi connectivity index (χ2n) is 4.39. The van der Waals surface area contributed by atoms with E-state index in [1.165, 1.54) is 5.56 Å². The van der Waals surface area contributed by atoms with Crippen LogP contribution in [0.25, 0.3) is 0 Å². The Kier molecular flexibility index (Phi) is 3.39. The smallest absolute Gasteiger partial charge is 0.168 e. The number of aryl methyl sites for hydroxylation is 1. The van der Waals surface area contributed by atoms with Crippen LogP contribution in [0.3, 0.4) is 0 Å². The molecule has 1 fully saturated rings. The molecule has 16 heavy (non-hydrogen) atoms. The zero-order chi connectivity index (χ0) is 11.5. The van der Waals surface area contributed by atoms with E-state index < -0.39 is 0 Å². The number of hydrogen-bond acceptors (Lipinski definition) is 2. The third kappa shape index (κ3) is 2.17. The fourth-order valence-electron chi connectivity index (χ4n) is 2.19. The van der Waals surface area contributed by atoms with Crippen LogP contribution in [-0.4, -0.2) is 18.5 Å². The first-order valence-corrected chi connectivity index (χ1v) is 5.97. The van der Waals surface area contributed by atoms with E-state index in [-0.39, 0.29) is 17.8 Å². The SMILES string of the molecule is CCc1ccc(C(=O)C2CCOC2C)cc1. The lowest BCUT2D eigenvalue weighted by Gasteiger charge is -2.12. The summed E-state index contributed by atoms with van der Waals surface area (Å²) in [6.07, 6.45) is 1.94. The monoisotopic (exact) mass is 218 g/mol. The second kappa shape index (κ2) is 4.79. The molecule has 1 aromatic carbocycles. The van der Waals surface area contributed by atoms with Crippen molar-refractivity contribution in [3.63, 3.8) is 0 Å². The first kappa shape index (κ1) is 11.3. The van der Waals surface area contributed by atoms with Crippen molar-refractivity contribution in [2.24, 2.45) is 5.92 Å². The van der Waals surface area contributed by atoms with Gasteiger partial charge in [0.1, 0.15) is 0 Å². The predicted octanol–water partition coefficient (Wildman–Crippen LogP) is 2.86. The van der Waals surface area contributed by atoms with E-state index in [1.807, 2.05) is 31.2 Å². The fourth-order valence-corrected chi connectivity index (χ4v) is 2.19. The normalized spacial score (nSPS) is 24.6. The van der Waals surface area contributed by atoms with E-state index in [4.69, 9.17) is 4.74 Å². The van der Waals surface area contributed by atoms with Crippen molar-refractivity contribution >= 4 is 5.78 Å². The van der Waals surface area contributed by atoms with Gasteiger partial charge in [-0.2, -0.15) is 0 Å². The predicted molar refractivity (Wildman–Crippen MR) is 63.7 cm³/mol. The summed E-state index contributed by atoms with van der Waals surface area (Å²) in [6, 6.07) is 7.94. The van der Waals surface area contributed by atoms with Crippen LogP contribution in [0.5, 0.6) is 0 Å². The molecular formula is C14H18O2. The van der Waals surface area contributed by atoms with Crippen molar-refractivity contribution in [1.82, 2.24) is 0 Å². The van der Waals surface area contributed by atoms with Gasteiger partial charge in [0.25, 0.3) is 0 Å². The van der Waals surface area contributed by atoms with Gasteiger partial charge in [-0.3, -0.25) is 4.79 Å². The quantitative estimate of drug-likeness (QED) is 0.729. The Balaban J connectivity index is 2.14. The summed E-state index contributed by atoms with van der Waals surface area (Å²) in [4.78, 5) is 12.2. The molecule has 2 atom stereocenters. The Morgan fingerprint density at radius 3 is 2.56 bits per heavy atom. The number of ether oxygens (including phenoxy) is 1. The lowest BCUT2D eigenvalue weighted by Crippen LogP contribution is -2.21. The zero-order valence-corrected chi connectivity index (χ0v) is 9.90. The molecule has 0 amide bonds. The topological polar surface area (TPSA) is 26.3 Å². The van der Waals surface area contributed by atoms with Crippen molar-refractivity contribution in [1.29, 1.82) is 0 Å².